The second kappa shape index (κ2) is 7.59. The summed E-state index contributed by atoms with van der Waals surface area (Å²) in [6.07, 6.45) is 3.01. The van der Waals surface area contributed by atoms with Crippen LogP contribution in [0, 0.1) is 0 Å². The van der Waals surface area contributed by atoms with Crippen molar-refractivity contribution in [3.63, 3.8) is 0 Å². The van der Waals surface area contributed by atoms with Crippen molar-refractivity contribution in [2.24, 2.45) is 0 Å². The highest BCUT2D eigenvalue weighted by Gasteiger charge is 2.36. The molecule has 1 aromatic rings. The maximum atomic E-state index is 12.2. The maximum absolute atomic E-state index is 12.2. The van der Waals surface area contributed by atoms with Crippen molar-refractivity contribution in [3.8, 4) is 0 Å². The smallest absolute Gasteiger partial charge is 0.320 e. The minimum atomic E-state index is -0.886. The van der Waals surface area contributed by atoms with E-state index >= 15 is 0 Å². The number of carboxylic acid groups (broad SMARTS) is 1. The van der Waals surface area contributed by atoms with E-state index in [1.165, 1.54) is 5.56 Å². The molecule has 0 radical (unpaired) electrons. The normalized spacial score (nSPS) is 16.9. The van der Waals surface area contributed by atoms with E-state index in [4.69, 9.17) is 5.11 Å². The molecule has 2 N–H and O–H groups in total. The highest BCUT2D eigenvalue weighted by molar-refractivity contribution is 5.92. The molecule has 0 bridgehead atoms. The summed E-state index contributed by atoms with van der Waals surface area (Å²) < 4.78 is 0. The Labute approximate surface area is 137 Å². The first-order chi connectivity index (χ1) is 10.9. The molecule has 0 aliphatic heterocycles. The zero-order chi connectivity index (χ0) is 17.0. The molecule has 0 spiro atoms. The summed E-state index contributed by atoms with van der Waals surface area (Å²) in [6, 6.07) is 7.45. The molecule has 1 aromatic carbocycles. The van der Waals surface area contributed by atoms with Crippen LogP contribution in [-0.4, -0.2) is 40.5 Å². The van der Waals surface area contributed by atoms with Gasteiger partial charge in [0, 0.05) is 11.7 Å². The lowest BCUT2D eigenvalue weighted by molar-refractivity contribution is -0.143. The standard InChI is InChI=1S/C18H26N2O3/c1-4-12(2)14-5-7-15(8-6-14)19-17(21)11-20(16-9-10-16)13(3)18(22)23/h5-8,12-13,16H,4,9-11H2,1-3H3,(H,19,21)(H,22,23). The second-order valence-electron chi connectivity index (χ2n) is 6.40. The van der Waals surface area contributed by atoms with Gasteiger partial charge in [0.05, 0.1) is 6.54 Å². The van der Waals surface area contributed by atoms with E-state index in [-0.39, 0.29) is 18.5 Å². The summed E-state index contributed by atoms with van der Waals surface area (Å²) in [5.41, 5.74) is 2.00. The Kier molecular flexibility index (Phi) is 5.77. The van der Waals surface area contributed by atoms with Crippen LogP contribution < -0.4 is 5.32 Å². The van der Waals surface area contributed by atoms with Crippen LogP contribution in [0.15, 0.2) is 24.3 Å². The van der Waals surface area contributed by atoms with Gasteiger partial charge < -0.3 is 10.4 Å². The third kappa shape index (κ3) is 4.79. The number of nitrogens with one attached hydrogen (secondary N) is 1. The number of amides is 1. The Morgan fingerprint density at radius 1 is 1.26 bits per heavy atom. The SMILES string of the molecule is CCC(C)c1ccc(NC(=O)CN(C2CC2)C(C)C(=O)O)cc1. The van der Waals surface area contributed by atoms with Gasteiger partial charge in [-0.1, -0.05) is 26.0 Å². The number of rotatable bonds is 8. The monoisotopic (exact) mass is 318 g/mol. The number of anilines is 1. The molecule has 5 nitrogen and oxygen atoms in total. The van der Waals surface area contributed by atoms with Crippen molar-refractivity contribution in [2.75, 3.05) is 11.9 Å². The van der Waals surface area contributed by atoms with Crippen LogP contribution in [0.2, 0.25) is 0 Å². The number of carbonyl (C=O) groups is 2. The number of nitrogens with zero attached hydrogens (tertiary/aromatic N) is 1. The van der Waals surface area contributed by atoms with E-state index in [0.717, 1.165) is 24.9 Å². The molecule has 0 aromatic heterocycles. The first-order valence-electron chi connectivity index (χ1n) is 8.30. The molecule has 23 heavy (non-hydrogen) atoms. The van der Waals surface area contributed by atoms with Crippen LogP contribution in [0.1, 0.15) is 51.5 Å². The highest BCUT2D eigenvalue weighted by atomic mass is 16.4. The van der Waals surface area contributed by atoms with Crippen LogP contribution in [0.25, 0.3) is 0 Å². The van der Waals surface area contributed by atoms with E-state index in [1.54, 1.807) is 11.8 Å². The maximum Gasteiger partial charge on any atom is 0.320 e. The highest BCUT2D eigenvalue weighted by Crippen LogP contribution is 2.28. The van der Waals surface area contributed by atoms with Gasteiger partial charge in [-0.05, 0) is 49.8 Å². The van der Waals surface area contributed by atoms with Gasteiger partial charge in [0.2, 0.25) is 5.91 Å². The van der Waals surface area contributed by atoms with Crippen molar-refractivity contribution in [3.05, 3.63) is 29.8 Å². The van der Waals surface area contributed by atoms with Crippen LogP contribution in [-0.2, 0) is 9.59 Å². The van der Waals surface area contributed by atoms with Crippen molar-refractivity contribution in [1.82, 2.24) is 4.90 Å². The Morgan fingerprint density at radius 2 is 1.87 bits per heavy atom. The number of carboxylic acids is 1. The lowest BCUT2D eigenvalue weighted by Gasteiger charge is -2.25. The quantitative estimate of drug-likeness (QED) is 0.773. The molecule has 1 fully saturated rings. The molecule has 0 heterocycles. The van der Waals surface area contributed by atoms with Crippen LogP contribution in [0.3, 0.4) is 0 Å². The molecule has 5 heteroatoms. The van der Waals surface area contributed by atoms with Crippen LogP contribution >= 0.6 is 0 Å². The molecule has 126 valence electrons. The molecule has 2 rings (SSSR count). The predicted octanol–water partition coefficient (Wildman–Crippen LogP) is 3.08. The molecule has 1 amide bonds. The Morgan fingerprint density at radius 3 is 2.35 bits per heavy atom. The summed E-state index contributed by atoms with van der Waals surface area (Å²) >= 11 is 0. The largest absolute Gasteiger partial charge is 0.480 e. The van der Waals surface area contributed by atoms with Gasteiger partial charge in [0.1, 0.15) is 6.04 Å². The number of hydrogen-bond acceptors (Lipinski definition) is 3. The minimum Gasteiger partial charge on any atom is -0.480 e. The van der Waals surface area contributed by atoms with E-state index in [0.29, 0.717) is 5.92 Å². The summed E-state index contributed by atoms with van der Waals surface area (Å²) in [6.45, 7) is 6.07. The first-order valence-corrected chi connectivity index (χ1v) is 8.30. The van der Waals surface area contributed by atoms with E-state index in [1.807, 2.05) is 24.3 Å². The van der Waals surface area contributed by atoms with Crippen molar-refractivity contribution >= 4 is 17.6 Å². The number of benzene rings is 1. The topological polar surface area (TPSA) is 69.6 Å². The average Bonchev–Trinajstić information content (AvgIpc) is 3.36. The first kappa shape index (κ1) is 17.5. The summed E-state index contributed by atoms with van der Waals surface area (Å²) in [7, 11) is 0. The Bertz CT molecular complexity index is 552. The minimum absolute atomic E-state index is 0.116. The number of aliphatic carboxylic acids is 1. The fourth-order valence-electron chi connectivity index (χ4n) is 2.63. The second-order valence-corrected chi connectivity index (χ2v) is 6.40. The molecule has 2 atom stereocenters. The third-order valence-corrected chi connectivity index (χ3v) is 4.57. The fourth-order valence-corrected chi connectivity index (χ4v) is 2.63. The molecular weight excluding hydrogens is 292 g/mol. The summed E-state index contributed by atoms with van der Waals surface area (Å²) in [5.74, 6) is -0.551. The Hall–Kier alpha value is -1.88. The van der Waals surface area contributed by atoms with Crippen molar-refractivity contribution < 1.29 is 14.7 Å². The molecule has 1 aliphatic carbocycles. The van der Waals surface area contributed by atoms with Crippen LogP contribution in [0.5, 0.6) is 0 Å². The number of hydrogen-bond donors (Lipinski definition) is 2. The van der Waals surface area contributed by atoms with Crippen molar-refractivity contribution in [2.45, 2.75) is 58.0 Å². The van der Waals surface area contributed by atoms with Crippen LogP contribution in [0.4, 0.5) is 5.69 Å². The lowest BCUT2D eigenvalue weighted by Crippen LogP contribution is -2.44. The predicted molar refractivity (Wildman–Crippen MR) is 90.6 cm³/mol. The van der Waals surface area contributed by atoms with E-state index in [2.05, 4.69) is 19.2 Å². The average molecular weight is 318 g/mol. The molecule has 0 saturated heterocycles. The van der Waals surface area contributed by atoms with Gasteiger partial charge >= 0.3 is 5.97 Å². The van der Waals surface area contributed by atoms with Gasteiger partial charge in [-0.25, -0.2) is 0 Å². The summed E-state index contributed by atoms with van der Waals surface area (Å²) in [4.78, 5) is 25.1. The number of carbonyl (C=O) groups excluding carboxylic acids is 1. The summed E-state index contributed by atoms with van der Waals surface area (Å²) in [5, 5.41) is 12.0. The molecule has 1 aliphatic rings. The van der Waals surface area contributed by atoms with Gasteiger partial charge in [-0.15, -0.1) is 0 Å². The molecule has 1 saturated carbocycles. The van der Waals surface area contributed by atoms with E-state index < -0.39 is 12.0 Å². The zero-order valence-corrected chi connectivity index (χ0v) is 14.1. The van der Waals surface area contributed by atoms with E-state index in [9.17, 15) is 9.59 Å². The fraction of sp³-hybridized carbons (Fsp3) is 0.556. The van der Waals surface area contributed by atoms with Gasteiger partial charge in [-0.3, -0.25) is 14.5 Å². The van der Waals surface area contributed by atoms with Gasteiger partial charge in [-0.2, -0.15) is 0 Å². The van der Waals surface area contributed by atoms with Crippen molar-refractivity contribution in [1.29, 1.82) is 0 Å². The van der Waals surface area contributed by atoms with Gasteiger partial charge in [0.25, 0.3) is 0 Å². The molecular formula is C18H26N2O3. The Balaban J connectivity index is 1.94. The zero-order valence-electron chi connectivity index (χ0n) is 14.1. The molecule has 2 unspecified atom stereocenters. The van der Waals surface area contributed by atoms with Gasteiger partial charge in [0.15, 0.2) is 0 Å². The lowest BCUT2D eigenvalue weighted by atomic mass is 9.99. The third-order valence-electron chi connectivity index (χ3n) is 4.57.